The van der Waals surface area contributed by atoms with Gasteiger partial charge in [0.25, 0.3) is 5.69 Å². The second kappa shape index (κ2) is 6.50. The van der Waals surface area contributed by atoms with Crippen molar-refractivity contribution in [2.75, 3.05) is 14.2 Å². The largest absolute Gasteiger partial charge is 0.493 e. The molecule has 8 heteroatoms. The molecule has 0 radical (unpaired) electrons. The molecule has 0 aromatic heterocycles. The number of esters is 1. The average Bonchev–Trinajstić information content (AvgIpc) is 2.45. The first-order valence-electron chi connectivity index (χ1n) is 5.50. The SMILES string of the molecule is COC(=O)C(C)Oc1cc([N+](=O)[O-])c(C=O)cc1OC. The molecule has 0 spiro atoms. The van der Waals surface area contributed by atoms with Gasteiger partial charge >= 0.3 is 5.97 Å². The predicted octanol–water partition coefficient (Wildman–Crippen LogP) is 1.36. The number of benzene rings is 1. The molecule has 8 nitrogen and oxygen atoms in total. The van der Waals surface area contributed by atoms with E-state index in [-0.39, 0.29) is 17.1 Å². The zero-order valence-electron chi connectivity index (χ0n) is 11.1. The highest BCUT2D eigenvalue weighted by Crippen LogP contribution is 2.34. The number of hydrogen-bond acceptors (Lipinski definition) is 7. The minimum atomic E-state index is -0.976. The van der Waals surface area contributed by atoms with Crippen LogP contribution in [0.3, 0.4) is 0 Å². The Bertz CT molecular complexity index is 541. The Morgan fingerprint density at radius 2 is 2.00 bits per heavy atom. The van der Waals surface area contributed by atoms with Crippen molar-refractivity contribution in [2.24, 2.45) is 0 Å². The number of ether oxygens (including phenoxy) is 3. The van der Waals surface area contributed by atoms with Gasteiger partial charge in [-0.1, -0.05) is 0 Å². The highest BCUT2D eigenvalue weighted by Gasteiger charge is 2.23. The predicted molar refractivity (Wildman–Crippen MR) is 67.1 cm³/mol. The number of hydrogen-bond donors (Lipinski definition) is 0. The number of aldehydes is 1. The van der Waals surface area contributed by atoms with Gasteiger partial charge in [0, 0.05) is 6.07 Å². The standard InChI is InChI=1S/C12H13NO7/c1-7(12(15)19-3)20-11-5-9(13(16)17)8(6-14)4-10(11)18-2/h4-7H,1-3H3. The van der Waals surface area contributed by atoms with Gasteiger partial charge in [0.15, 0.2) is 23.9 Å². The molecule has 0 saturated heterocycles. The molecule has 0 saturated carbocycles. The van der Waals surface area contributed by atoms with Crippen LogP contribution in [-0.4, -0.2) is 37.5 Å². The zero-order chi connectivity index (χ0) is 15.3. The van der Waals surface area contributed by atoms with Gasteiger partial charge in [0.05, 0.1) is 30.8 Å². The highest BCUT2D eigenvalue weighted by atomic mass is 16.6. The molecule has 1 rings (SSSR count). The summed E-state index contributed by atoms with van der Waals surface area (Å²) in [6.07, 6.45) is -0.635. The lowest BCUT2D eigenvalue weighted by Crippen LogP contribution is -2.25. The zero-order valence-corrected chi connectivity index (χ0v) is 11.1. The van der Waals surface area contributed by atoms with Crippen molar-refractivity contribution in [3.8, 4) is 11.5 Å². The number of carbonyl (C=O) groups is 2. The maximum atomic E-state index is 11.3. The molecule has 1 unspecified atom stereocenters. The van der Waals surface area contributed by atoms with E-state index in [1.807, 2.05) is 0 Å². The van der Waals surface area contributed by atoms with E-state index >= 15 is 0 Å². The van der Waals surface area contributed by atoms with Crippen molar-refractivity contribution in [1.29, 1.82) is 0 Å². The van der Waals surface area contributed by atoms with Crippen LogP contribution in [0, 0.1) is 10.1 Å². The summed E-state index contributed by atoms with van der Waals surface area (Å²) in [7, 11) is 2.50. The minimum Gasteiger partial charge on any atom is -0.493 e. The lowest BCUT2D eigenvalue weighted by molar-refractivity contribution is -0.385. The molecule has 1 atom stereocenters. The highest BCUT2D eigenvalue weighted by molar-refractivity contribution is 5.83. The van der Waals surface area contributed by atoms with Crippen molar-refractivity contribution < 1.29 is 28.7 Å². The fraction of sp³-hybridized carbons (Fsp3) is 0.333. The van der Waals surface area contributed by atoms with Crippen LogP contribution in [0.1, 0.15) is 17.3 Å². The van der Waals surface area contributed by atoms with E-state index in [1.54, 1.807) is 0 Å². The topological polar surface area (TPSA) is 105 Å². The maximum absolute atomic E-state index is 11.3. The van der Waals surface area contributed by atoms with E-state index in [0.717, 1.165) is 6.07 Å². The van der Waals surface area contributed by atoms with E-state index < -0.39 is 22.7 Å². The van der Waals surface area contributed by atoms with Gasteiger partial charge in [-0.05, 0) is 6.92 Å². The van der Waals surface area contributed by atoms with Crippen molar-refractivity contribution >= 4 is 17.9 Å². The molecule has 0 aliphatic heterocycles. The summed E-state index contributed by atoms with van der Waals surface area (Å²) in [6.45, 7) is 1.42. The Kier molecular flexibility index (Phi) is 5.01. The third kappa shape index (κ3) is 3.22. The Balaban J connectivity index is 3.24. The van der Waals surface area contributed by atoms with Crippen LogP contribution in [0.2, 0.25) is 0 Å². The maximum Gasteiger partial charge on any atom is 0.346 e. The second-order valence-corrected chi connectivity index (χ2v) is 3.72. The first-order chi connectivity index (χ1) is 9.44. The van der Waals surface area contributed by atoms with Crippen LogP contribution in [0.25, 0.3) is 0 Å². The Morgan fingerprint density at radius 3 is 2.45 bits per heavy atom. The molecule has 0 N–H and O–H groups in total. The lowest BCUT2D eigenvalue weighted by atomic mass is 10.1. The Labute approximate surface area is 114 Å². The molecule has 0 heterocycles. The summed E-state index contributed by atoms with van der Waals surface area (Å²) in [4.78, 5) is 32.2. The second-order valence-electron chi connectivity index (χ2n) is 3.72. The van der Waals surface area contributed by atoms with Crippen LogP contribution < -0.4 is 9.47 Å². The molecular formula is C12H13NO7. The molecule has 0 aliphatic carbocycles. The normalized spacial score (nSPS) is 11.3. The van der Waals surface area contributed by atoms with Gasteiger partial charge in [-0.3, -0.25) is 14.9 Å². The van der Waals surface area contributed by atoms with Gasteiger partial charge < -0.3 is 14.2 Å². The third-order valence-corrected chi connectivity index (χ3v) is 2.47. The number of nitro groups is 1. The molecule has 0 bridgehead atoms. The number of rotatable bonds is 6. The molecule has 0 fully saturated rings. The van der Waals surface area contributed by atoms with E-state index in [2.05, 4.69) is 4.74 Å². The van der Waals surface area contributed by atoms with E-state index in [9.17, 15) is 19.7 Å². The van der Waals surface area contributed by atoms with Crippen LogP contribution in [0.5, 0.6) is 11.5 Å². The fourth-order valence-corrected chi connectivity index (χ4v) is 1.47. The molecule has 1 aromatic carbocycles. The third-order valence-electron chi connectivity index (χ3n) is 2.47. The van der Waals surface area contributed by atoms with Gasteiger partial charge in [-0.25, -0.2) is 4.79 Å². The first kappa shape index (κ1) is 15.4. The van der Waals surface area contributed by atoms with Crippen LogP contribution in [0.4, 0.5) is 5.69 Å². The van der Waals surface area contributed by atoms with Gasteiger partial charge in [0.2, 0.25) is 0 Å². The molecule has 20 heavy (non-hydrogen) atoms. The van der Waals surface area contributed by atoms with E-state index in [1.165, 1.54) is 27.2 Å². The summed E-state index contributed by atoms with van der Waals surface area (Å²) < 4.78 is 14.7. The minimum absolute atomic E-state index is 0.0253. The summed E-state index contributed by atoms with van der Waals surface area (Å²) in [5.41, 5.74) is -0.585. The molecular weight excluding hydrogens is 270 g/mol. The van der Waals surface area contributed by atoms with Crippen molar-refractivity contribution in [1.82, 2.24) is 0 Å². The molecule has 0 aliphatic rings. The van der Waals surface area contributed by atoms with Gasteiger partial charge in [-0.15, -0.1) is 0 Å². The monoisotopic (exact) mass is 283 g/mol. The first-order valence-corrected chi connectivity index (χ1v) is 5.50. The van der Waals surface area contributed by atoms with Gasteiger partial charge in [0.1, 0.15) is 0 Å². The van der Waals surface area contributed by atoms with E-state index in [0.29, 0.717) is 6.29 Å². The number of nitro benzene ring substituents is 1. The van der Waals surface area contributed by atoms with Crippen LogP contribution in [-0.2, 0) is 9.53 Å². The molecule has 0 amide bonds. The number of methoxy groups -OCH3 is 2. The van der Waals surface area contributed by atoms with Crippen molar-refractivity contribution in [3.63, 3.8) is 0 Å². The Hall–Kier alpha value is -2.64. The molecule has 108 valence electrons. The number of nitrogens with zero attached hydrogens (tertiary/aromatic N) is 1. The van der Waals surface area contributed by atoms with E-state index in [4.69, 9.17) is 9.47 Å². The smallest absolute Gasteiger partial charge is 0.346 e. The van der Waals surface area contributed by atoms with Crippen molar-refractivity contribution in [3.05, 3.63) is 27.8 Å². The van der Waals surface area contributed by atoms with Crippen LogP contribution >= 0.6 is 0 Å². The van der Waals surface area contributed by atoms with Crippen molar-refractivity contribution in [2.45, 2.75) is 13.0 Å². The summed E-state index contributed by atoms with van der Waals surface area (Å²) in [5.74, 6) is -0.565. The van der Waals surface area contributed by atoms with Crippen LogP contribution in [0.15, 0.2) is 12.1 Å². The summed E-state index contributed by atoms with van der Waals surface area (Å²) in [5, 5.41) is 10.9. The number of carbonyl (C=O) groups excluding carboxylic acids is 2. The quantitative estimate of drug-likeness (QED) is 0.336. The molecule has 1 aromatic rings. The van der Waals surface area contributed by atoms with Gasteiger partial charge in [-0.2, -0.15) is 0 Å². The average molecular weight is 283 g/mol. The lowest BCUT2D eigenvalue weighted by Gasteiger charge is -2.15. The fourth-order valence-electron chi connectivity index (χ4n) is 1.47. The Morgan fingerprint density at radius 1 is 1.35 bits per heavy atom. The summed E-state index contributed by atoms with van der Waals surface area (Å²) >= 11 is 0. The summed E-state index contributed by atoms with van der Waals surface area (Å²) in [6, 6.07) is 2.20.